The van der Waals surface area contributed by atoms with E-state index >= 15 is 0 Å². The third-order valence-electron chi connectivity index (χ3n) is 3.99. The Kier molecular flexibility index (Phi) is 4.18. The molecule has 0 spiro atoms. The van der Waals surface area contributed by atoms with Crippen LogP contribution in [-0.4, -0.2) is 15.9 Å². The molecule has 4 aromatic rings. The van der Waals surface area contributed by atoms with Crippen molar-refractivity contribution in [3.05, 3.63) is 77.7 Å². The maximum atomic E-state index is 13.0. The highest BCUT2D eigenvalue weighted by atomic mass is 32.1. The molecule has 0 aliphatic carbocycles. The molecule has 2 aromatic heterocycles. The fourth-order valence-electron chi connectivity index (χ4n) is 2.63. The summed E-state index contributed by atoms with van der Waals surface area (Å²) in [5, 5.41) is 3.75. The Morgan fingerprint density at radius 2 is 1.92 bits per heavy atom. The van der Waals surface area contributed by atoms with E-state index in [0.29, 0.717) is 11.3 Å². The lowest BCUT2D eigenvalue weighted by atomic mass is 10.1. The Hall–Kier alpha value is -3.12. The molecule has 4 nitrogen and oxygen atoms in total. The summed E-state index contributed by atoms with van der Waals surface area (Å²) in [5.74, 6) is -0.641. The first-order valence-electron chi connectivity index (χ1n) is 8.00. The second-order valence-corrected chi connectivity index (χ2v) is 6.81. The molecule has 0 atom stereocenters. The average Bonchev–Trinajstić information content (AvgIpc) is 3.08. The van der Waals surface area contributed by atoms with E-state index in [1.165, 1.54) is 35.6 Å². The molecule has 0 bridgehead atoms. The van der Waals surface area contributed by atoms with Gasteiger partial charge >= 0.3 is 0 Å². The number of aromatic nitrogens is 2. The standard InChI is InChI=1S/C20H14FN3OS/c1-12-11-14(19-24-17-3-2-10-22-20(17)26-19)6-9-16(12)23-18(25)13-4-7-15(21)8-5-13/h2-11H,1H3,(H,23,25). The van der Waals surface area contributed by atoms with E-state index in [1.807, 2.05) is 37.3 Å². The van der Waals surface area contributed by atoms with Gasteiger partial charge in [0, 0.05) is 23.0 Å². The molecule has 26 heavy (non-hydrogen) atoms. The van der Waals surface area contributed by atoms with Crippen molar-refractivity contribution in [2.75, 3.05) is 5.32 Å². The van der Waals surface area contributed by atoms with Crippen LogP contribution < -0.4 is 5.32 Å². The lowest BCUT2D eigenvalue weighted by molar-refractivity contribution is 0.102. The van der Waals surface area contributed by atoms with E-state index < -0.39 is 0 Å². The van der Waals surface area contributed by atoms with Crippen LogP contribution in [0, 0.1) is 12.7 Å². The predicted octanol–water partition coefficient (Wildman–Crippen LogP) is 5.06. The van der Waals surface area contributed by atoms with E-state index in [0.717, 1.165) is 26.5 Å². The number of anilines is 1. The Labute approximate surface area is 153 Å². The van der Waals surface area contributed by atoms with Crippen molar-refractivity contribution in [1.29, 1.82) is 0 Å². The smallest absolute Gasteiger partial charge is 0.255 e. The number of carbonyl (C=O) groups excluding carboxylic acids is 1. The van der Waals surface area contributed by atoms with Crippen molar-refractivity contribution in [1.82, 2.24) is 9.97 Å². The molecule has 0 unspecified atom stereocenters. The molecular weight excluding hydrogens is 349 g/mol. The van der Waals surface area contributed by atoms with Crippen LogP contribution in [-0.2, 0) is 0 Å². The summed E-state index contributed by atoms with van der Waals surface area (Å²) in [6, 6.07) is 15.0. The molecule has 0 aliphatic heterocycles. The summed E-state index contributed by atoms with van der Waals surface area (Å²) >= 11 is 1.53. The third kappa shape index (κ3) is 3.19. The Bertz CT molecular complexity index is 1070. The number of benzene rings is 2. The van der Waals surface area contributed by atoms with Crippen molar-refractivity contribution in [3.63, 3.8) is 0 Å². The molecule has 0 aliphatic rings. The first-order valence-corrected chi connectivity index (χ1v) is 8.81. The second-order valence-electron chi connectivity index (χ2n) is 5.84. The number of nitrogens with zero attached hydrogens (tertiary/aromatic N) is 2. The zero-order chi connectivity index (χ0) is 18.1. The number of rotatable bonds is 3. The summed E-state index contributed by atoms with van der Waals surface area (Å²) in [5.41, 5.74) is 3.89. The van der Waals surface area contributed by atoms with Gasteiger partial charge in [0.15, 0.2) is 0 Å². The fourth-order valence-corrected chi connectivity index (χ4v) is 3.53. The van der Waals surface area contributed by atoms with Crippen LogP contribution in [0.2, 0.25) is 0 Å². The zero-order valence-electron chi connectivity index (χ0n) is 13.9. The van der Waals surface area contributed by atoms with Gasteiger partial charge in [0.05, 0.1) is 0 Å². The predicted molar refractivity (Wildman–Crippen MR) is 102 cm³/mol. The number of thiazole rings is 1. The van der Waals surface area contributed by atoms with Gasteiger partial charge in [-0.15, -0.1) is 0 Å². The van der Waals surface area contributed by atoms with Crippen LogP contribution in [0.3, 0.4) is 0 Å². The molecular formula is C20H14FN3OS. The summed E-state index contributed by atoms with van der Waals surface area (Å²) in [4.78, 5) is 22.1. The molecule has 2 aromatic carbocycles. The van der Waals surface area contributed by atoms with Gasteiger partial charge < -0.3 is 5.32 Å². The maximum absolute atomic E-state index is 13.0. The first kappa shape index (κ1) is 16.4. The summed E-state index contributed by atoms with van der Waals surface area (Å²) < 4.78 is 13.0. The van der Waals surface area contributed by atoms with Gasteiger partial charge in [0.2, 0.25) is 0 Å². The SMILES string of the molecule is Cc1cc(-c2nc3cccnc3s2)ccc1NC(=O)c1ccc(F)cc1. The van der Waals surface area contributed by atoms with E-state index in [2.05, 4.69) is 15.3 Å². The quantitative estimate of drug-likeness (QED) is 0.554. The highest BCUT2D eigenvalue weighted by molar-refractivity contribution is 7.21. The largest absolute Gasteiger partial charge is 0.322 e. The van der Waals surface area contributed by atoms with Gasteiger partial charge in [-0.1, -0.05) is 11.3 Å². The molecule has 128 valence electrons. The van der Waals surface area contributed by atoms with Crippen LogP contribution in [0.4, 0.5) is 10.1 Å². The van der Waals surface area contributed by atoms with E-state index in [9.17, 15) is 9.18 Å². The van der Waals surface area contributed by atoms with Crippen molar-refractivity contribution < 1.29 is 9.18 Å². The Morgan fingerprint density at radius 1 is 1.12 bits per heavy atom. The topological polar surface area (TPSA) is 54.9 Å². The maximum Gasteiger partial charge on any atom is 0.255 e. The van der Waals surface area contributed by atoms with Crippen LogP contribution >= 0.6 is 11.3 Å². The number of hydrogen-bond acceptors (Lipinski definition) is 4. The average molecular weight is 363 g/mol. The minimum absolute atomic E-state index is 0.273. The van der Waals surface area contributed by atoms with Crippen molar-refractivity contribution in [2.24, 2.45) is 0 Å². The normalized spacial score (nSPS) is 10.8. The van der Waals surface area contributed by atoms with Crippen LogP contribution in [0.25, 0.3) is 20.9 Å². The fraction of sp³-hybridized carbons (Fsp3) is 0.0500. The van der Waals surface area contributed by atoms with E-state index in [-0.39, 0.29) is 11.7 Å². The lowest BCUT2D eigenvalue weighted by Crippen LogP contribution is -2.12. The number of pyridine rings is 1. The summed E-state index contributed by atoms with van der Waals surface area (Å²) in [6.07, 6.45) is 1.75. The van der Waals surface area contributed by atoms with Crippen molar-refractivity contribution in [2.45, 2.75) is 6.92 Å². The van der Waals surface area contributed by atoms with Crippen molar-refractivity contribution in [3.8, 4) is 10.6 Å². The number of fused-ring (bicyclic) bond motifs is 1. The first-order chi connectivity index (χ1) is 12.6. The van der Waals surface area contributed by atoms with Crippen LogP contribution in [0.1, 0.15) is 15.9 Å². The van der Waals surface area contributed by atoms with Crippen LogP contribution in [0.5, 0.6) is 0 Å². The Morgan fingerprint density at radius 3 is 2.65 bits per heavy atom. The van der Waals surface area contributed by atoms with Gasteiger partial charge in [-0.3, -0.25) is 4.79 Å². The van der Waals surface area contributed by atoms with Crippen LogP contribution in [0.15, 0.2) is 60.8 Å². The van der Waals surface area contributed by atoms with Gasteiger partial charge in [-0.05, 0) is 67.1 Å². The summed E-state index contributed by atoms with van der Waals surface area (Å²) in [6.45, 7) is 1.93. The van der Waals surface area contributed by atoms with Gasteiger partial charge in [0.1, 0.15) is 21.2 Å². The minimum atomic E-state index is -0.368. The lowest BCUT2D eigenvalue weighted by Gasteiger charge is -2.09. The van der Waals surface area contributed by atoms with Gasteiger partial charge in [-0.25, -0.2) is 14.4 Å². The minimum Gasteiger partial charge on any atom is -0.322 e. The van der Waals surface area contributed by atoms with E-state index in [4.69, 9.17) is 0 Å². The molecule has 0 radical (unpaired) electrons. The number of amides is 1. The number of carbonyl (C=O) groups is 1. The van der Waals surface area contributed by atoms with Gasteiger partial charge in [-0.2, -0.15) is 0 Å². The molecule has 1 amide bonds. The monoisotopic (exact) mass is 363 g/mol. The molecule has 0 saturated heterocycles. The highest BCUT2D eigenvalue weighted by Gasteiger charge is 2.11. The molecule has 6 heteroatoms. The van der Waals surface area contributed by atoms with Gasteiger partial charge in [0.25, 0.3) is 5.91 Å². The zero-order valence-corrected chi connectivity index (χ0v) is 14.7. The molecule has 4 rings (SSSR count). The molecule has 1 N–H and O–H groups in total. The number of halogens is 1. The molecule has 0 fully saturated rings. The highest BCUT2D eigenvalue weighted by Crippen LogP contribution is 2.31. The number of nitrogens with one attached hydrogen (secondary N) is 1. The summed E-state index contributed by atoms with van der Waals surface area (Å²) in [7, 11) is 0. The molecule has 2 heterocycles. The Balaban J connectivity index is 1.59. The number of hydrogen-bond donors (Lipinski definition) is 1. The second kappa shape index (κ2) is 6.65. The number of aryl methyl sites for hydroxylation is 1. The van der Waals surface area contributed by atoms with Crippen molar-refractivity contribution >= 4 is 33.3 Å². The molecule has 0 saturated carbocycles. The van der Waals surface area contributed by atoms with E-state index in [1.54, 1.807) is 6.20 Å². The third-order valence-corrected chi connectivity index (χ3v) is 5.02.